The molecule has 2 atom stereocenters. The van der Waals surface area contributed by atoms with E-state index >= 15 is 0 Å². The second-order valence-electron chi connectivity index (χ2n) is 12.3. The van der Waals surface area contributed by atoms with E-state index in [0.29, 0.717) is 29.3 Å². The Bertz CT molecular complexity index is 2350. The van der Waals surface area contributed by atoms with Crippen LogP contribution in [0.2, 0.25) is 0 Å². The molecule has 2 aromatic heterocycles. The highest BCUT2D eigenvalue weighted by Crippen LogP contribution is 2.43. The van der Waals surface area contributed by atoms with Gasteiger partial charge in [-0.15, -0.1) is 0 Å². The van der Waals surface area contributed by atoms with E-state index in [1.165, 1.54) is 5.56 Å². The summed E-state index contributed by atoms with van der Waals surface area (Å²) in [7, 11) is 0. The summed E-state index contributed by atoms with van der Waals surface area (Å²) in [4.78, 5) is 15.6. The van der Waals surface area contributed by atoms with Gasteiger partial charge in [-0.3, -0.25) is 0 Å². The van der Waals surface area contributed by atoms with Crippen LogP contribution in [0.1, 0.15) is 24.2 Å². The number of allylic oxidation sites excluding steroid dienone is 12. The van der Waals surface area contributed by atoms with Crippen LogP contribution in [0.5, 0.6) is 0 Å². The maximum absolute atomic E-state index is 6.41. The Balaban J connectivity index is 1.28. The number of aromatic nitrogens is 3. The first kappa shape index (κ1) is 27.4. The highest BCUT2D eigenvalue weighted by atomic mass is 16.3. The molecule has 0 saturated carbocycles. The van der Waals surface area contributed by atoms with Crippen molar-refractivity contribution in [3.8, 4) is 33.9 Å². The van der Waals surface area contributed by atoms with Crippen molar-refractivity contribution in [1.82, 2.24) is 15.0 Å². The lowest BCUT2D eigenvalue weighted by molar-refractivity contribution is 0.663. The molecule has 0 N–H and O–H groups in total. The number of hydrogen-bond donors (Lipinski definition) is 0. The summed E-state index contributed by atoms with van der Waals surface area (Å²) in [5, 5.41) is 2.06. The van der Waals surface area contributed by atoms with E-state index in [2.05, 4.69) is 134 Å². The molecule has 4 aromatic carbocycles. The second-order valence-corrected chi connectivity index (χ2v) is 12.3. The minimum Gasteiger partial charge on any atom is -0.456 e. The Morgan fingerprint density at radius 3 is 2.15 bits per heavy atom. The molecule has 0 spiro atoms. The van der Waals surface area contributed by atoms with Crippen molar-refractivity contribution in [1.29, 1.82) is 0 Å². The molecule has 0 fully saturated rings. The molecular formula is C43H31N3O. The molecule has 4 nitrogen and oxygen atoms in total. The summed E-state index contributed by atoms with van der Waals surface area (Å²) in [6, 6.07) is 31.4. The fourth-order valence-electron chi connectivity index (χ4n) is 6.91. The lowest BCUT2D eigenvalue weighted by Gasteiger charge is -2.24. The molecule has 0 saturated heterocycles. The van der Waals surface area contributed by atoms with Crippen molar-refractivity contribution in [3.05, 3.63) is 163 Å². The summed E-state index contributed by atoms with van der Waals surface area (Å²) in [6.07, 6.45) is 24.3. The van der Waals surface area contributed by atoms with E-state index in [9.17, 15) is 0 Å². The van der Waals surface area contributed by atoms with Gasteiger partial charge in [-0.25, -0.2) is 15.0 Å². The first-order valence-electron chi connectivity index (χ1n) is 16.3. The zero-order chi connectivity index (χ0) is 31.2. The second kappa shape index (κ2) is 11.5. The summed E-state index contributed by atoms with van der Waals surface area (Å²) < 4.78 is 6.41. The van der Waals surface area contributed by atoms with Crippen molar-refractivity contribution in [2.45, 2.75) is 12.8 Å². The average Bonchev–Trinajstić information content (AvgIpc) is 3.54. The zero-order valence-corrected chi connectivity index (χ0v) is 25.8. The van der Waals surface area contributed by atoms with Gasteiger partial charge in [0.2, 0.25) is 0 Å². The third-order valence-corrected chi connectivity index (χ3v) is 9.31. The van der Waals surface area contributed by atoms with E-state index in [0.717, 1.165) is 68.2 Å². The maximum atomic E-state index is 6.41. The number of benzene rings is 4. The SMILES string of the molecule is C1=CC2C=CC(c3ccc4oc5ccccc5c4c3-c3nc(C4=CCCC=C4)nc(-c4ccc(-c5ccccc5)cc4)n3)=CC2C=C1. The van der Waals surface area contributed by atoms with Gasteiger partial charge in [-0.1, -0.05) is 134 Å². The van der Waals surface area contributed by atoms with Crippen molar-refractivity contribution in [2.24, 2.45) is 11.8 Å². The van der Waals surface area contributed by atoms with Gasteiger partial charge in [0.25, 0.3) is 0 Å². The van der Waals surface area contributed by atoms with Crippen LogP contribution in [-0.2, 0) is 0 Å². The molecule has 0 amide bonds. The molecule has 47 heavy (non-hydrogen) atoms. The molecule has 4 heteroatoms. The van der Waals surface area contributed by atoms with Crippen LogP contribution in [0, 0.1) is 11.8 Å². The van der Waals surface area contributed by atoms with Gasteiger partial charge in [0.1, 0.15) is 11.2 Å². The van der Waals surface area contributed by atoms with Crippen molar-refractivity contribution < 1.29 is 4.42 Å². The molecule has 2 unspecified atom stereocenters. The Morgan fingerprint density at radius 1 is 0.553 bits per heavy atom. The lowest BCUT2D eigenvalue weighted by Crippen LogP contribution is -2.12. The van der Waals surface area contributed by atoms with Crippen molar-refractivity contribution in [2.75, 3.05) is 0 Å². The highest BCUT2D eigenvalue weighted by Gasteiger charge is 2.25. The van der Waals surface area contributed by atoms with Crippen LogP contribution in [0.15, 0.2) is 156 Å². The standard InChI is InChI=1S/C43H31N3O/c1-3-11-28(12-4-1)30-19-22-32(23-20-30)42-44-41(31-14-5-2-6-15-31)45-43(46-42)40-35(34-24-21-29-13-7-8-16-33(29)27-34)25-26-38-39(40)36-17-9-10-18-37(36)47-38/h1,3-5,7-27,29,33H,2,6H2. The topological polar surface area (TPSA) is 51.8 Å². The smallest absolute Gasteiger partial charge is 0.165 e. The molecule has 224 valence electrons. The van der Waals surface area contributed by atoms with Crippen LogP contribution in [0.4, 0.5) is 0 Å². The van der Waals surface area contributed by atoms with Crippen LogP contribution in [-0.4, -0.2) is 15.0 Å². The third kappa shape index (κ3) is 4.99. The Kier molecular flexibility index (Phi) is 6.71. The van der Waals surface area contributed by atoms with Crippen molar-refractivity contribution >= 4 is 33.1 Å². The first-order valence-corrected chi connectivity index (χ1v) is 16.3. The fourth-order valence-corrected chi connectivity index (χ4v) is 6.91. The molecule has 0 radical (unpaired) electrons. The Hall–Kier alpha value is -5.87. The quantitative estimate of drug-likeness (QED) is 0.196. The molecule has 0 aliphatic heterocycles. The molecule has 3 aliphatic rings. The molecule has 6 aromatic rings. The minimum atomic E-state index is 0.301. The van der Waals surface area contributed by atoms with Crippen LogP contribution in [0.3, 0.4) is 0 Å². The molecular weight excluding hydrogens is 574 g/mol. The van der Waals surface area contributed by atoms with Crippen LogP contribution >= 0.6 is 0 Å². The number of fused-ring (bicyclic) bond motifs is 4. The Labute approximate surface area is 273 Å². The van der Waals surface area contributed by atoms with Crippen LogP contribution in [0.25, 0.3) is 67.0 Å². The van der Waals surface area contributed by atoms with E-state index in [1.807, 2.05) is 18.2 Å². The summed E-state index contributed by atoms with van der Waals surface area (Å²) >= 11 is 0. The van der Waals surface area contributed by atoms with Gasteiger partial charge in [-0.05, 0) is 53.3 Å². The van der Waals surface area contributed by atoms with Gasteiger partial charge < -0.3 is 4.42 Å². The van der Waals surface area contributed by atoms with E-state index < -0.39 is 0 Å². The maximum Gasteiger partial charge on any atom is 0.165 e. The summed E-state index contributed by atoms with van der Waals surface area (Å²) in [5.74, 6) is 2.63. The largest absolute Gasteiger partial charge is 0.456 e. The lowest BCUT2D eigenvalue weighted by atomic mass is 9.80. The molecule has 2 heterocycles. The third-order valence-electron chi connectivity index (χ3n) is 9.31. The van der Waals surface area contributed by atoms with Crippen molar-refractivity contribution in [3.63, 3.8) is 0 Å². The highest BCUT2D eigenvalue weighted by molar-refractivity contribution is 6.14. The summed E-state index contributed by atoms with van der Waals surface area (Å²) in [6.45, 7) is 0. The Morgan fingerprint density at radius 2 is 1.30 bits per heavy atom. The van der Waals surface area contributed by atoms with Gasteiger partial charge >= 0.3 is 0 Å². The number of hydrogen-bond acceptors (Lipinski definition) is 4. The predicted octanol–water partition coefficient (Wildman–Crippen LogP) is 10.8. The molecule has 0 bridgehead atoms. The van der Waals surface area contributed by atoms with Gasteiger partial charge in [0.15, 0.2) is 17.5 Å². The van der Waals surface area contributed by atoms with E-state index in [1.54, 1.807) is 0 Å². The molecule has 3 aliphatic carbocycles. The number of rotatable bonds is 5. The number of nitrogens with zero attached hydrogens (tertiary/aromatic N) is 3. The fraction of sp³-hybridized carbons (Fsp3) is 0.0930. The van der Waals surface area contributed by atoms with E-state index in [-0.39, 0.29) is 0 Å². The van der Waals surface area contributed by atoms with Crippen LogP contribution < -0.4 is 0 Å². The van der Waals surface area contributed by atoms with Gasteiger partial charge in [0, 0.05) is 39.3 Å². The first-order chi connectivity index (χ1) is 23.3. The number of para-hydroxylation sites is 1. The number of furan rings is 1. The monoisotopic (exact) mass is 605 g/mol. The summed E-state index contributed by atoms with van der Waals surface area (Å²) in [5.41, 5.74) is 9.15. The minimum absolute atomic E-state index is 0.301. The zero-order valence-electron chi connectivity index (χ0n) is 25.8. The van der Waals surface area contributed by atoms with E-state index in [4.69, 9.17) is 19.4 Å². The van der Waals surface area contributed by atoms with Gasteiger partial charge in [0.05, 0.1) is 0 Å². The predicted molar refractivity (Wildman–Crippen MR) is 192 cm³/mol. The normalized spacial score (nSPS) is 18.4. The average molecular weight is 606 g/mol. The molecule has 9 rings (SSSR count). The van der Waals surface area contributed by atoms with Gasteiger partial charge in [-0.2, -0.15) is 0 Å².